The molecule has 2 heteroatoms. The number of aryl methyl sites for hydroxylation is 1. The van der Waals surface area contributed by atoms with Crippen molar-refractivity contribution < 1.29 is 4.79 Å². The second-order valence-corrected chi connectivity index (χ2v) is 5.82. The van der Waals surface area contributed by atoms with E-state index in [0.29, 0.717) is 0 Å². The van der Waals surface area contributed by atoms with E-state index in [0.717, 1.165) is 11.3 Å². The predicted molar refractivity (Wildman–Crippen MR) is 78.3 cm³/mol. The number of benzene rings is 1. The van der Waals surface area contributed by atoms with Gasteiger partial charge >= 0.3 is 0 Å². The number of ketones is 1. The van der Waals surface area contributed by atoms with Crippen LogP contribution in [0.5, 0.6) is 0 Å². The molecule has 0 N–H and O–H groups in total. The summed E-state index contributed by atoms with van der Waals surface area (Å²) in [4.78, 5) is 14.0. The largest absolute Gasteiger partial charge is 0.293 e. The monoisotopic (exact) mass is 258 g/mol. The van der Waals surface area contributed by atoms with E-state index in [1.165, 1.54) is 16.0 Å². The molecule has 1 aromatic heterocycles. The molecule has 0 saturated heterocycles. The van der Waals surface area contributed by atoms with E-state index in [1.807, 2.05) is 19.9 Å². The quantitative estimate of drug-likeness (QED) is 0.719. The molecule has 0 radical (unpaired) electrons. The molecule has 1 aromatic carbocycles. The Hall–Kier alpha value is -1.41. The predicted octanol–water partition coefficient (Wildman–Crippen LogP) is 4.82. The summed E-state index contributed by atoms with van der Waals surface area (Å²) in [5.41, 5.74) is 2.54. The van der Waals surface area contributed by atoms with Crippen molar-refractivity contribution in [2.45, 2.75) is 27.2 Å². The lowest BCUT2D eigenvalue weighted by Crippen LogP contribution is -2.04. The number of rotatable bonds is 4. The standard InChI is InChI=1S/C16H18OS/c1-4-12-6-5-7-13(10-12)14-8-9-15(18-14)16(17)11(2)3/h5-11H,4H2,1-3H3. The van der Waals surface area contributed by atoms with E-state index < -0.39 is 0 Å². The minimum absolute atomic E-state index is 0.0680. The first-order valence-corrected chi connectivity index (χ1v) is 7.16. The first-order chi connectivity index (χ1) is 8.61. The first-order valence-electron chi connectivity index (χ1n) is 6.35. The zero-order chi connectivity index (χ0) is 13.1. The fourth-order valence-electron chi connectivity index (χ4n) is 1.85. The summed E-state index contributed by atoms with van der Waals surface area (Å²) < 4.78 is 0. The van der Waals surface area contributed by atoms with E-state index in [9.17, 15) is 4.79 Å². The maximum Gasteiger partial charge on any atom is 0.175 e. The molecule has 0 amide bonds. The van der Waals surface area contributed by atoms with E-state index >= 15 is 0 Å². The van der Waals surface area contributed by atoms with Crippen molar-refractivity contribution in [2.24, 2.45) is 5.92 Å². The lowest BCUT2D eigenvalue weighted by atomic mass is 10.1. The van der Waals surface area contributed by atoms with Crippen LogP contribution in [0.2, 0.25) is 0 Å². The van der Waals surface area contributed by atoms with Gasteiger partial charge in [-0.3, -0.25) is 4.79 Å². The van der Waals surface area contributed by atoms with Gasteiger partial charge in [-0.25, -0.2) is 0 Å². The highest BCUT2D eigenvalue weighted by molar-refractivity contribution is 7.17. The molecule has 1 heterocycles. The summed E-state index contributed by atoms with van der Waals surface area (Å²) in [5.74, 6) is 0.302. The average molecular weight is 258 g/mol. The van der Waals surface area contributed by atoms with Crippen LogP contribution in [0.25, 0.3) is 10.4 Å². The van der Waals surface area contributed by atoms with Gasteiger partial charge in [0.2, 0.25) is 0 Å². The molecular weight excluding hydrogens is 240 g/mol. The number of hydrogen-bond donors (Lipinski definition) is 0. The number of carbonyl (C=O) groups is 1. The SMILES string of the molecule is CCc1cccc(-c2ccc(C(=O)C(C)C)s2)c1. The molecule has 18 heavy (non-hydrogen) atoms. The third kappa shape index (κ3) is 2.70. The van der Waals surface area contributed by atoms with Crippen LogP contribution in [-0.2, 0) is 6.42 Å². The average Bonchev–Trinajstić information content (AvgIpc) is 2.87. The molecule has 0 bridgehead atoms. The van der Waals surface area contributed by atoms with Crippen molar-refractivity contribution in [2.75, 3.05) is 0 Å². The Bertz CT molecular complexity index is 552. The Kier molecular flexibility index (Phi) is 3.97. The van der Waals surface area contributed by atoms with Crippen LogP contribution < -0.4 is 0 Å². The zero-order valence-corrected chi connectivity index (χ0v) is 11.9. The molecule has 0 unspecified atom stereocenters. The number of thiophene rings is 1. The molecule has 0 atom stereocenters. The molecule has 2 rings (SSSR count). The Morgan fingerprint density at radius 2 is 2.00 bits per heavy atom. The van der Waals surface area contributed by atoms with E-state index in [4.69, 9.17) is 0 Å². The number of hydrogen-bond acceptors (Lipinski definition) is 2. The second kappa shape index (κ2) is 5.49. The highest BCUT2D eigenvalue weighted by Gasteiger charge is 2.13. The fraction of sp³-hybridized carbons (Fsp3) is 0.312. The molecule has 0 spiro atoms. The smallest absolute Gasteiger partial charge is 0.175 e. The molecular formula is C16H18OS. The third-order valence-corrected chi connectivity index (χ3v) is 4.14. The van der Waals surface area contributed by atoms with Crippen LogP contribution in [-0.4, -0.2) is 5.78 Å². The van der Waals surface area contributed by atoms with Gasteiger partial charge in [-0.05, 0) is 29.7 Å². The Labute approximate surface area is 112 Å². The van der Waals surface area contributed by atoms with Crippen LogP contribution in [0, 0.1) is 5.92 Å². The molecule has 0 aliphatic carbocycles. The Morgan fingerprint density at radius 3 is 2.67 bits per heavy atom. The highest BCUT2D eigenvalue weighted by atomic mass is 32.1. The van der Waals surface area contributed by atoms with E-state index in [1.54, 1.807) is 11.3 Å². The van der Waals surface area contributed by atoms with Crippen LogP contribution in [0.3, 0.4) is 0 Å². The zero-order valence-electron chi connectivity index (χ0n) is 11.1. The van der Waals surface area contributed by atoms with Crippen LogP contribution in [0.4, 0.5) is 0 Å². The molecule has 1 nitrogen and oxygen atoms in total. The minimum Gasteiger partial charge on any atom is -0.293 e. The number of Topliss-reactive ketones (excluding diaryl/α,β-unsaturated/α-hetero) is 1. The topological polar surface area (TPSA) is 17.1 Å². The Morgan fingerprint density at radius 1 is 1.22 bits per heavy atom. The van der Waals surface area contributed by atoms with Gasteiger partial charge in [0.25, 0.3) is 0 Å². The second-order valence-electron chi connectivity index (χ2n) is 4.74. The summed E-state index contributed by atoms with van der Waals surface area (Å²) in [6, 6.07) is 12.5. The fourth-order valence-corrected chi connectivity index (χ4v) is 2.94. The van der Waals surface area contributed by atoms with E-state index in [2.05, 4.69) is 37.3 Å². The van der Waals surface area contributed by atoms with Crippen molar-refractivity contribution in [3.63, 3.8) is 0 Å². The van der Waals surface area contributed by atoms with Gasteiger partial charge in [0.15, 0.2) is 5.78 Å². The van der Waals surface area contributed by atoms with Gasteiger partial charge in [-0.15, -0.1) is 11.3 Å². The summed E-state index contributed by atoms with van der Waals surface area (Å²) in [5, 5.41) is 0. The molecule has 0 aliphatic heterocycles. The van der Waals surface area contributed by atoms with Crippen molar-refractivity contribution in [3.05, 3.63) is 46.8 Å². The summed E-state index contributed by atoms with van der Waals surface area (Å²) in [6.45, 7) is 6.04. The molecule has 0 fully saturated rings. The third-order valence-electron chi connectivity index (χ3n) is 2.99. The molecule has 0 aliphatic rings. The van der Waals surface area contributed by atoms with Gasteiger partial charge < -0.3 is 0 Å². The highest BCUT2D eigenvalue weighted by Crippen LogP contribution is 2.30. The lowest BCUT2D eigenvalue weighted by Gasteiger charge is -2.01. The maximum atomic E-state index is 11.9. The lowest BCUT2D eigenvalue weighted by molar-refractivity contribution is 0.0943. The van der Waals surface area contributed by atoms with Crippen molar-refractivity contribution in [3.8, 4) is 10.4 Å². The number of carbonyl (C=O) groups excluding carboxylic acids is 1. The van der Waals surface area contributed by atoms with Crippen molar-refractivity contribution in [1.29, 1.82) is 0 Å². The summed E-state index contributed by atoms with van der Waals surface area (Å²) in [6.07, 6.45) is 1.04. The van der Waals surface area contributed by atoms with Crippen molar-refractivity contribution in [1.82, 2.24) is 0 Å². The normalized spacial score (nSPS) is 10.9. The first kappa shape index (κ1) is 13.0. The molecule has 2 aromatic rings. The van der Waals surface area contributed by atoms with Crippen LogP contribution >= 0.6 is 11.3 Å². The van der Waals surface area contributed by atoms with Gasteiger partial charge in [0.1, 0.15) is 0 Å². The van der Waals surface area contributed by atoms with Crippen LogP contribution in [0.15, 0.2) is 36.4 Å². The van der Waals surface area contributed by atoms with Gasteiger partial charge in [0.05, 0.1) is 4.88 Å². The molecule has 94 valence electrons. The van der Waals surface area contributed by atoms with Gasteiger partial charge in [-0.1, -0.05) is 45.0 Å². The maximum absolute atomic E-state index is 11.9. The minimum atomic E-state index is 0.0680. The summed E-state index contributed by atoms with van der Waals surface area (Å²) in [7, 11) is 0. The van der Waals surface area contributed by atoms with Gasteiger partial charge in [-0.2, -0.15) is 0 Å². The summed E-state index contributed by atoms with van der Waals surface area (Å²) >= 11 is 1.59. The van der Waals surface area contributed by atoms with Crippen LogP contribution in [0.1, 0.15) is 36.0 Å². The van der Waals surface area contributed by atoms with E-state index in [-0.39, 0.29) is 11.7 Å². The Balaban J connectivity index is 2.32. The van der Waals surface area contributed by atoms with Gasteiger partial charge in [0, 0.05) is 10.8 Å². The molecule has 0 saturated carbocycles. The van der Waals surface area contributed by atoms with Crippen molar-refractivity contribution >= 4 is 17.1 Å².